The average Bonchev–Trinajstić information content (AvgIpc) is 2.25. The maximum Gasteiger partial charge on any atom is 0.117 e. The fourth-order valence-corrected chi connectivity index (χ4v) is 1.88. The van der Waals surface area contributed by atoms with Gasteiger partial charge in [0.15, 0.2) is 0 Å². The molecule has 0 unspecified atom stereocenters. The summed E-state index contributed by atoms with van der Waals surface area (Å²) in [6, 6.07) is 12.8. The molecule has 0 aliphatic heterocycles. The van der Waals surface area contributed by atoms with E-state index >= 15 is 0 Å². The van der Waals surface area contributed by atoms with Gasteiger partial charge in [-0.2, -0.15) is 0 Å². The molecule has 0 saturated carbocycles. The Labute approximate surface area is 112 Å². The first kappa shape index (κ1) is 11.5. The van der Waals surface area contributed by atoms with Gasteiger partial charge in [0.2, 0.25) is 0 Å². The number of hydrogen-bond donors (Lipinski definition) is 2. The Morgan fingerprint density at radius 2 is 1.75 bits per heavy atom. The highest BCUT2D eigenvalue weighted by atomic mass is 127. The van der Waals surface area contributed by atoms with Crippen molar-refractivity contribution >= 4 is 45.6 Å². The van der Waals surface area contributed by atoms with Gasteiger partial charge in [0.05, 0.1) is 10.7 Å². The zero-order valence-corrected chi connectivity index (χ0v) is 11.2. The van der Waals surface area contributed by atoms with Crippen LogP contribution in [0.3, 0.4) is 0 Å². The van der Waals surface area contributed by atoms with Crippen LogP contribution in [-0.2, 0) is 0 Å². The van der Waals surface area contributed by atoms with Gasteiger partial charge in [-0.1, -0.05) is 11.6 Å². The average molecular weight is 346 g/mol. The molecular formula is C12H9ClINO. The largest absolute Gasteiger partial charge is 0.508 e. The van der Waals surface area contributed by atoms with Gasteiger partial charge in [0.1, 0.15) is 5.75 Å². The van der Waals surface area contributed by atoms with Crippen molar-refractivity contribution in [3.05, 3.63) is 51.1 Å². The molecule has 0 aliphatic rings. The number of benzene rings is 2. The molecule has 0 bridgehead atoms. The van der Waals surface area contributed by atoms with Crippen molar-refractivity contribution in [1.82, 2.24) is 0 Å². The van der Waals surface area contributed by atoms with Gasteiger partial charge in [-0.05, 0) is 59.0 Å². The van der Waals surface area contributed by atoms with Crippen LogP contribution in [-0.4, -0.2) is 5.11 Å². The van der Waals surface area contributed by atoms with E-state index in [4.69, 9.17) is 11.6 Å². The summed E-state index contributed by atoms with van der Waals surface area (Å²) in [5, 5.41) is 12.9. The maximum atomic E-state index is 9.23. The molecule has 0 spiro atoms. The van der Waals surface area contributed by atoms with E-state index in [-0.39, 0.29) is 5.75 Å². The Morgan fingerprint density at radius 1 is 1.06 bits per heavy atom. The lowest BCUT2D eigenvalue weighted by Crippen LogP contribution is -1.90. The molecule has 0 fully saturated rings. The number of rotatable bonds is 2. The Balaban J connectivity index is 2.23. The summed E-state index contributed by atoms with van der Waals surface area (Å²) >= 11 is 8.24. The molecule has 2 nitrogen and oxygen atoms in total. The van der Waals surface area contributed by atoms with Crippen LogP contribution < -0.4 is 5.32 Å². The molecule has 0 heterocycles. The van der Waals surface area contributed by atoms with Crippen LogP contribution in [0.25, 0.3) is 0 Å². The van der Waals surface area contributed by atoms with Gasteiger partial charge in [-0.25, -0.2) is 0 Å². The predicted molar refractivity (Wildman–Crippen MR) is 75.6 cm³/mol. The van der Waals surface area contributed by atoms with Crippen LogP contribution in [0.4, 0.5) is 11.4 Å². The molecule has 16 heavy (non-hydrogen) atoms. The highest BCUT2D eigenvalue weighted by molar-refractivity contribution is 14.1. The van der Waals surface area contributed by atoms with Crippen LogP contribution in [0.15, 0.2) is 42.5 Å². The standard InChI is InChI=1S/C12H9ClINO/c13-11-7-10(16)5-6-12(11)15-9-3-1-8(14)2-4-9/h1-7,15-16H. The summed E-state index contributed by atoms with van der Waals surface area (Å²) in [6.07, 6.45) is 0. The monoisotopic (exact) mass is 345 g/mol. The van der Waals surface area contributed by atoms with Crippen molar-refractivity contribution in [1.29, 1.82) is 0 Å². The summed E-state index contributed by atoms with van der Waals surface area (Å²) in [7, 11) is 0. The van der Waals surface area contributed by atoms with Gasteiger partial charge >= 0.3 is 0 Å². The smallest absolute Gasteiger partial charge is 0.117 e. The second-order valence-corrected chi connectivity index (χ2v) is 4.95. The lowest BCUT2D eigenvalue weighted by atomic mass is 10.2. The van der Waals surface area contributed by atoms with Crippen molar-refractivity contribution in [2.75, 3.05) is 5.32 Å². The first-order valence-electron chi connectivity index (χ1n) is 4.66. The van der Waals surface area contributed by atoms with Crippen molar-refractivity contribution in [2.24, 2.45) is 0 Å². The van der Waals surface area contributed by atoms with E-state index in [9.17, 15) is 5.11 Å². The SMILES string of the molecule is Oc1ccc(Nc2ccc(I)cc2)c(Cl)c1. The van der Waals surface area contributed by atoms with Gasteiger partial charge in [0, 0.05) is 15.3 Å². The molecule has 0 amide bonds. The Kier molecular flexibility index (Phi) is 3.56. The van der Waals surface area contributed by atoms with Crippen LogP contribution in [0.1, 0.15) is 0 Å². The van der Waals surface area contributed by atoms with Crippen LogP contribution >= 0.6 is 34.2 Å². The minimum atomic E-state index is 0.165. The first-order chi connectivity index (χ1) is 7.65. The Morgan fingerprint density at radius 3 is 2.38 bits per heavy atom. The summed E-state index contributed by atoms with van der Waals surface area (Å²) in [6.45, 7) is 0. The number of aromatic hydroxyl groups is 1. The van der Waals surface area contributed by atoms with Crippen molar-refractivity contribution in [2.45, 2.75) is 0 Å². The summed E-state index contributed by atoms with van der Waals surface area (Å²) in [5.41, 5.74) is 1.74. The third kappa shape index (κ3) is 2.80. The number of nitrogens with one attached hydrogen (secondary N) is 1. The van der Waals surface area contributed by atoms with Crippen LogP contribution in [0.2, 0.25) is 5.02 Å². The van der Waals surface area contributed by atoms with E-state index < -0.39 is 0 Å². The van der Waals surface area contributed by atoms with E-state index in [0.29, 0.717) is 5.02 Å². The molecule has 0 radical (unpaired) electrons. The molecule has 2 N–H and O–H groups in total. The Bertz CT molecular complexity index is 499. The highest BCUT2D eigenvalue weighted by Gasteiger charge is 2.01. The topological polar surface area (TPSA) is 32.3 Å². The molecule has 4 heteroatoms. The second kappa shape index (κ2) is 4.93. The molecule has 0 atom stereocenters. The van der Waals surface area contributed by atoms with Gasteiger partial charge < -0.3 is 10.4 Å². The molecule has 0 aliphatic carbocycles. The highest BCUT2D eigenvalue weighted by Crippen LogP contribution is 2.28. The minimum Gasteiger partial charge on any atom is -0.508 e. The number of halogens is 2. The lowest BCUT2D eigenvalue weighted by molar-refractivity contribution is 0.475. The second-order valence-electron chi connectivity index (χ2n) is 3.30. The van der Waals surface area contributed by atoms with E-state index in [1.54, 1.807) is 12.1 Å². The Hall–Kier alpha value is -0.940. The maximum absolute atomic E-state index is 9.23. The third-order valence-corrected chi connectivity index (χ3v) is 3.11. The number of phenols is 1. The lowest BCUT2D eigenvalue weighted by Gasteiger charge is -2.08. The summed E-state index contributed by atoms with van der Waals surface area (Å²) in [5.74, 6) is 0.165. The van der Waals surface area contributed by atoms with E-state index in [0.717, 1.165) is 11.4 Å². The summed E-state index contributed by atoms with van der Waals surface area (Å²) < 4.78 is 1.18. The van der Waals surface area contributed by atoms with E-state index in [2.05, 4.69) is 27.9 Å². The van der Waals surface area contributed by atoms with Gasteiger partial charge in [-0.3, -0.25) is 0 Å². The fourth-order valence-electron chi connectivity index (χ4n) is 1.29. The fraction of sp³-hybridized carbons (Fsp3) is 0. The van der Waals surface area contributed by atoms with E-state index in [1.807, 2.05) is 24.3 Å². The molecule has 2 aromatic rings. The number of anilines is 2. The van der Waals surface area contributed by atoms with Crippen LogP contribution in [0.5, 0.6) is 5.75 Å². The normalized spacial score (nSPS) is 10.1. The molecule has 82 valence electrons. The molecule has 2 rings (SSSR count). The minimum absolute atomic E-state index is 0.165. The van der Waals surface area contributed by atoms with Crippen molar-refractivity contribution < 1.29 is 5.11 Å². The van der Waals surface area contributed by atoms with Crippen LogP contribution in [0, 0.1) is 3.57 Å². The zero-order valence-electron chi connectivity index (χ0n) is 8.24. The van der Waals surface area contributed by atoms with E-state index in [1.165, 1.54) is 9.64 Å². The molecular weight excluding hydrogens is 336 g/mol. The van der Waals surface area contributed by atoms with Gasteiger partial charge in [0.25, 0.3) is 0 Å². The predicted octanol–water partition coefficient (Wildman–Crippen LogP) is 4.39. The molecule has 0 saturated heterocycles. The first-order valence-corrected chi connectivity index (χ1v) is 6.12. The number of phenolic OH excluding ortho intramolecular Hbond substituents is 1. The van der Waals surface area contributed by atoms with Crippen molar-refractivity contribution in [3.63, 3.8) is 0 Å². The molecule has 0 aromatic heterocycles. The molecule has 2 aromatic carbocycles. The third-order valence-electron chi connectivity index (χ3n) is 2.08. The summed E-state index contributed by atoms with van der Waals surface area (Å²) in [4.78, 5) is 0. The quantitative estimate of drug-likeness (QED) is 0.625. The number of hydrogen-bond acceptors (Lipinski definition) is 2. The van der Waals surface area contributed by atoms with Crippen molar-refractivity contribution in [3.8, 4) is 5.75 Å². The van der Waals surface area contributed by atoms with Gasteiger partial charge in [-0.15, -0.1) is 0 Å². The zero-order chi connectivity index (χ0) is 11.5.